The molecule has 0 amide bonds. The van der Waals surface area contributed by atoms with Gasteiger partial charge in [0.2, 0.25) is 0 Å². The lowest BCUT2D eigenvalue weighted by atomic mass is 10.1. The fourth-order valence-electron chi connectivity index (χ4n) is 1.71. The van der Waals surface area contributed by atoms with Crippen molar-refractivity contribution in [2.45, 2.75) is 6.10 Å². The predicted octanol–water partition coefficient (Wildman–Crippen LogP) is 3.09. The summed E-state index contributed by atoms with van der Waals surface area (Å²) in [4.78, 5) is 0. The molecule has 0 saturated heterocycles. The molecule has 1 N–H and O–H groups in total. The average Bonchev–Trinajstić information content (AvgIpc) is 2.47. The number of benzene rings is 2. The van der Waals surface area contributed by atoms with E-state index >= 15 is 0 Å². The maximum atomic E-state index is 13.4. The van der Waals surface area contributed by atoms with Gasteiger partial charge in [-0.25, -0.2) is 8.78 Å². The molecule has 2 aromatic rings. The van der Waals surface area contributed by atoms with Crippen LogP contribution in [0.25, 0.3) is 0 Å². The van der Waals surface area contributed by atoms with E-state index in [4.69, 9.17) is 9.47 Å². The first-order chi connectivity index (χ1) is 9.60. The van der Waals surface area contributed by atoms with Gasteiger partial charge in [0.05, 0.1) is 7.11 Å². The second-order valence-electron chi connectivity index (χ2n) is 4.17. The Morgan fingerprint density at radius 1 is 1.05 bits per heavy atom. The molecular weight excluding hydrogens is 266 g/mol. The summed E-state index contributed by atoms with van der Waals surface area (Å²) in [5.74, 6) is -0.0992. The molecule has 0 bridgehead atoms. The van der Waals surface area contributed by atoms with Gasteiger partial charge in [0, 0.05) is 5.56 Å². The Morgan fingerprint density at radius 2 is 1.70 bits per heavy atom. The number of aliphatic hydroxyl groups excluding tert-OH is 1. The topological polar surface area (TPSA) is 38.7 Å². The molecule has 0 saturated carbocycles. The highest BCUT2D eigenvalue weighted by atomic mass is 19.1. The molecule has 2 rings (SSSR count). The molecule has 20 heavy (non-hydrogen) atoms. The normalized spacial score (nSPS) is 12.0. The van der Waals surface area contributed by atoms with E-state index in [2.05, 4.69) is 0 Å². The second-order valence-corrected chi connectivity index (χ2v) is 4.17. The monoisotopic (exact) mass is 280 g/mol. The van der Waals surface area contributed by atoms with Gasteiger partial charge in [0.25, 0.3) is 0 Å². The third kappa shape index (κ3) is 3.45. The average molecular weight is 280 g/mol. The maximum Gasteiger partial charge on any atom is 0.129 e. The van der Waals surface area contributed by atoms with Crippen molar-refractivity contribution in [1.82, 2.24) is 0 Å². The quantitative estimate of drug-likeness (QED) is 0.914. The Kier molecular flexibility index (Phi) is 4.53. The Bertz CT molecular complexity index is 570. The molecule has 0 radical (unpaired) electrons. The first-order valence-corrected chi connectivity index (χ1v) is 6.00. The van der Waals surface area contributed by atoms with Crippen molar-refractivity contribution in [1.29, 1.82) is 0 Å². The molecule has 3 nitrogen and oxygen atoms in total. The fraction of sp³-hybridized carbons (Fsp3) is 0.200. The van der Waals surface area contributed by atoms with Crippen molar-refractivity contribution in [2.24, 2.45) is 0 Å². The van der Waals surface area contributed by atoms with Crippen LogP contribution in [-0.2, 0) is 0 Å². The minimum atomic E-state index is -1.24. The molecule has 0 aliphatic rings. The minimum absolute atomic E-state index is 0.126. The van der Waals surface area contributed by atoms with E-state index in [1.165, 1.54) is 0 Å². The number of ether oxygens (including phenoxy) is 2. The second kappa shape index (κ2) is 6.34. The lowest BCUT2D eigenvalue weighted by molar-refractivity contribution is 0.104. The van der Waals surface area contributed by atoms with Crippen LogP contribution in [-0.4, -0.2) is 18.8 Å². The Morgan fingerprint density at radius 3 is 2.35 bits per heavy atom. The molecule has 0 aliphatic carbocycles. The van der Waals surface area contributed by atoms with E-state index in [9.17, 15) is 13.9 Å². The highest BCUT2D eigenvalue weighted by molar-refractivity contribution is 5.31. The number of hydrogen-bond acceptors (Lipinski definition) is 3. The number of methoxy groups -OCH3 is 1. The predicted molar refractivity (Wildman–Crippen MR) is 69.8 cm³/mol. The zero-order chi connectivity index (χ0) is 14.5. The smallest absolute Gasteiger partial charge is 0.129 e. The number of halogens is 2. The van der Waals surface area contributed by atoms with Gasteiger partial charge in [0.15, 0.2) is 0 Å². The first-order valence-electron chi connectivity index (χ1n) is 6.00. The summed E-state index contributed by atoms with van der Waals surface area (Å²) < 4.78 is 36.8. The number of rotatable bonds is 5. The lowest BCUT2D eigenvalue weighted by Crippen LogP contribution is -2.11. The van der Waals surface area contributed by atoms with E-state index in [1.807, 2.05) is 0 Å². The van der Waals surface area contributed by atoms with Crippen molar-refractivity contribution in [3.8, 4) is 11.5 Å². The van der Waals surface area contributed by atoms with Gasteiger partial charge in [-0.2, -0.15) is 0 Å². The molecule has 0 aromatic heterocycles. The van der Waals surface area contributed by atoms with Crippen molar-refractivity contribution in [2.75, 3.05) is 13.7 Å². The summed E-state index contributed by atoms with van der Waals surface area (Å²) in [7, 11) is 1.55. The Hall–Kier alpha value is -2.14. The molecule has 1 unspecified atom stereocenters. The van der Waals surface area contributed by atoms with E-state index < -0.39 is 17.7 Å². The molecule has 0 aliphatic heterocycles. The van der Waals surface area contributed by atoms with Crippen LogP contribution in [0.1, 0.15) is 11.7 Å². The number of aliphatic hydroxyl groups is 1. The molecule has 106 valence electrons. The van der Waals surface area contributed by atoms with Gasteiger partial charge in [0.1, 0.15) is 35.8 Å². The van der Waals surface area contributed by atoms with Crippen LogP contribution in [0.5, 0.6) is 11.5 Å². The van der Waals surface area contributed by atoms with E-state index in [0.717, 1.165) is 18.2 Å². The van der Waals surface area contributed by atoms with Gasteiger partial charge in [-0.3, -0.25) is 0 Å². The van der Waals surface area contributed by atoms with Crippen molar-refractivity contribution in [3.05, 3.63) is 59.7 Å². The SMILES string of the molecule is COc1ccc(OCC(O)c2cc(F)ccc2F)cc1. The molecule has 0 heterocycles. The highest BCUT2D eigenvalue weighted by Gasteiger charge is 2.14. The van der Waals surface area contributed by atoms with Crippen LogP contribution in [0.3, 0.4) is 0 Å². The van der Waals surface area contributed by atoms with Gasteiger partial charge >= 0.3 is 0 Å². The van der Waals surface area contributed by atoms with E-state index in [-0.39, 0.29) is 12.2 Å². The third-order valence-electron chi connectivity index (χ3n) is 2.78. The van der Waals surface area contributed by atoms with Crippen LogP contribution in [0.2, 0.25) is 0 Å². The largest absolute Gasteiger partial charge is 0.497 e. The van der Waals surface area contributed by atoms with Crippen LogP contribution >= 0.6 is 0 Å². The minimum Gasteiger partial charge on any atom is -0.497 e. The summed E-state index contributed by atoms with van der Waals surface area (Å²) in [6, 6.07) is 9.64. The summed E-state index contributed by atoms with van der Waals surface area (Å²) in [5, 5.41) is 9.83. The molecule has 5 heteroatoms. The standard InChI is InChI=1S/C15H14F2O3/c1-19-11-3-5-12(6-4-11)20-9-15(18)13-8-10(16)2-7-14(13)17/h2-8,15,18H,9H2,1H3. The van der Waals surface area contributed by atoms with Crippen LogP contribution in [0, 0.1) is 11.6 Å². The Labute approximate surface area is 115 Å². The zero-order valence-corrected chi connectivity index (χ0v) is 10.8. The fourth-order valence-corrected chi connectivity index (χ4v) is 1.71. The highest BCUT2D eigenvalue weighted by Crippen LogP contribution is 2.21. The van der Waals surface area contributed by atoms with Gasteiger partial charge in [-0.15, -0.1) is 0 Å². The molecular formula is C15H14F2O3. The van der Waals surface area contributed by atoms with Crippen molar-refractivity contribution >= 4 is 0 Å². The van der Waals surface area contributed by atoms with Crippen LogP contribution in [0.4, 0.5) is 8.78 Å². The lowest BCUT2D eigenvalue weighted by Gasteiger charge is -2.13. The van der Waals surface area contributed by atoms with Crippen LogP contribution < -0.4 is 9.47 Å². The molecule has 2 aromatic carbocycles. The van der Waals surface area contributed by atoms with Crippen molar-refractivity contribution in [3.63, 3.8) is 0 Å². The van der Waals surface area contributed by atoms with Gasteiger partial charge in [-0.05, 0) is 42.5 Å². The van der Waals surface area contributed by atoms with Crippen LogP contribution in [0.15, 0.2) is 42.5 Å². The Balaban J connectivity index is 2.00. The summed E-state index contributed by atoms with van der Waals surface area (Å²) in [6.45, 7) is -0.174. The molecule has 0 spiro atoms. The molecule has 0 fully saturated rings. The van der Waals surface area contributed by atoms with Gasteiger partial charge in [-0.1, -0.05) is 0 Å². The summed E-state index contributed by atoms with van der Waals surface area (Å²) in [5.41, 5.74) is -0.126. The zero-order valence-electron chi connectivity index (χ0n) is 10.8. The third-order valence-corrected chi connectivity index (χ3v) is 2.78. The van der Waals surface area contributed by atoms with Gasteiger partial charge < -0.3 is 14.6 Å². The van der Waals surface area contributed by atoms with E-state index in [1.54, 1.807) is 31.4 Å². The maximum absolute atomic E-state index is 13.4. The number of hydrogen-bond donors (Lipinski definition) is 1. The molecule has 1 atom stereocenters. The summed E-state index contributed by atoms with van der Waals surface area (Å²) >= 11 is 0. The first kappa shape index (κ1) is 14.3. The van der Waals surface area contributed by atoms with Crippen molar-refractivity contribution < 1.29 is 23.4 Å². The van der Waals surface area contributed by atoms with E-state index in [0.29, 0.717) is 11.5 Å². The summed E-state index contributed by atoms with van der Waals surface area (Å²) in [6.07, 6.45) is -1.24.